The van der Waals surface area contributed by atoms with E-state index in [-0.39, 0.29) is 108 Å². The fourth-order valence-electron chi connectivity index (χ4n) is 5.05. The van der Waals surface area contributed by atoms with E-state index < -0.39 is 18.3 Å². The van der Waals surface area contributed by atoms with E-state index >= 15 is 0 Å². The van der Waals surface area contributed by atoms with E-state index in [9.17, 15) is 29.4 Å². The Morgan fingerprint density at radius 1 is 0.455 bits per heavy atom. The zero-order chi connectivity index (χ0) is 69.7. The van der Waals surface area contributed by atoms with Crippen LogP contribution in [0.4, 0.5) is 0 Å². The minimum absolute atomic E-state index is 0.0168. The second-order valence-electron chi connectivity index (χ2n) is 29.9. The summed E-state index contributed by atoms with van der Waals surface area (Å²) >= 11 is 0. The van der Waals surface area contributed by atoms with E-state index in [2.05, 4.69) is 135 Å². The minimum Gasteiger partial charge on any atom is -0.466 e. The van der Waals surface area contributed by atoms with Crippen LogP contribution < -0.4 is 5.90 Å². The summed E-state index contributed by atoms with van der Waals surface area (Å²) < 4.78 is 51.2. The van der Waals surface area contributed by atoms with Crippen molar-refractivity contribution < 1.29 is 86.7 Å². The van der Waals surface area contributed by atoms with Gasteiger partial charge in [0.1, 0.15) is 37.6 Å². The summed E-state index contributed by atoms with van der Waals surface area (Å²) in [5.41, 5.74) is 1.14. The fraction of sp³-hybridized carbons (Fsp3) is 0.826. The lowest BCUT2D eigenvalue weighted by Gasteiger charge is -2.19. The van der Waals surface area contributed by atoms with E-state index in [1.807, 2.05) is 48.5 Å². The van der Waals surface area contributed by atoms with Crippen molar-refractivity contribution in [2.45, 2.75) is 228 Å². The Morgan fingerprint density at radius 3 is 1.14 bits per heavy atom. The molecule has 0 amide bonds. The van der Waals surface area contributed by atoms with Gasteiger partial charge in [0.05, 0.1) is 98.9 Å². The van der Waals surface area contributed by atoms with E-state index in [1.54, 1.807) is 18.2 Å². The predicted molar refractivity (Wildman–Crippen MR) is 355 cm³/mol. The second kappa shape index (κ2) is 55.1. The van der Waals surface area contributed by atoms with Gasteiger partial charge in [0, 0.05) is 19.3 Å². The van der Waals surface area contributed by atoms with Gasteiger partial charge in [-0.1, -0.05) is 177 Å². The normalized spacial score (nSPS) is 14.0. The molecule has 1 fully saturated rings. The Kier molecular flexibility index (Phi) is 59.8. The third kappa shape index (κ3) is 101. The van der Waals surface area contributed by atoms with Crippen LogP contribution >= 0.6 is 0 Å². The van der Waals surface area contributed by atoms with Gasteiger partial charge in [-0.15, -0.1) is 26.3 Å². The minimum atomic E-state index is -0.767. The Hall–Kier alpha value is -3.60. The van der Waals surface area contributed by atoms with Crippen molar-refractivity contribution in [1.29, 1.82) is 0 Å². The molecule has 19 nitrogen and oxygen atoms in total. The maximum absolute atomic E-state index is 11.0. The highest BCUT2D eigenvalue weighted by atomic mass is 16.6. The van der Waals surface area contributed by atoms with Crippen molar-refractivity contribution in [1.82, 2.24) is 0 Å². The fourth-order valence-corrected chi connectivity index (χ4v) is 5.05. The van der Waals surface area contributed by atoms with Crippen molar-refractivity contribution in [2.75, 3.05) is 106 Å². The number of hydrogen-bond donors (Lipinski definition) is 4. The largest absolute Gasteiger partial charge is 0.466 e. The summed E-state index contributed by atoms with van der Waals surface area (Å²) in [5, 5.41) is 28.0. The van der Waals surface area contributed by atoms with Crippen LogP contribution in [-0.4, -0.2) is 169 Å². The number of rotatable bonds is 34. The average Bonchev–Trinajstić information content (AvgIpc) is 4.20. The number of aliphatic hydroxyl groups is 3. The van der Waals surface area contributed by atoms with E-state index in [4.69, 9.17) is 58.4 Å². The predicted octanol–water partition coefficient (Wildman–Crippen LogP) is 12.7. The molecule has 0 bridgehead atoms. The Bertz CT molecular complexity index is 1720. The van der Waals surface area contributed by atoms with Crippen LogP contribution in [-0.2, 0) is 71.4 Å². The van der Waals surface area contributed by atoms with E-state index in [1.165, 1.54) is 6.08 Å². The van der Waals surface area contributed by atoms with Crippen LogP contribution in [0.2, 0.25) is 0 Å². The van der Waals surface area contributed by atoms with Gasteiger partial charge in [0.2, 0.25) is 0 Å². The number of esters is 4. The molecule has 524 valence electrons. The Labute approximate surface area is 536 Å². The van der Waals surface area contributed by atoms with Gasteiger partial charge >= 0.3 is 23.9 Å². The van der Waals surface area contributed by atoms with Crippen LogP contribution in [0.5, 0.6) is 0 Å². The molecule has 88 heavy (non-hydrogen) atoms. The summed E-state index contributed by atoms with van der Waals surface area (Å²) in [6, 6.07) is 0. The molecule has 0 aliphatic carbocycles. The van der Waals surface area contributed by atoms with Gasteiger partial charge in [0.15, 0.2) is 0 Å². The maximum atomic E-state index is 11.0. The SMILES string of the molecule is C=CCC(=O)OCC(O)COCC(C)(C)C.C=CCCC(=O)OCC(C)(C)C.C=CCCC(=O)OCCC(C)(C)C.C=CCOCC(C)(C)C.CC(C)(C)COCC(O)CON.CC(C)(C)COCC1CO1.CCCC(=O)OCC(O)COCC(C)(C)C. The van der Waals surface area contributed by atoms with Crippen LogP contribution in [0.3, 0.4) is 0 Å². The number of carbonyl (C=O) groups excluding carboxylic acids is 4. The first-order chi connectivity index (χ1) is 40.2. The van der Waals surface area contributed by atoms with E-state index in [0.717, 1.165) is 39.3 Å². The molecule has 0 saturated carbocycles. The lowest BCUT2D eigenvalue weighted by Crippen LogP contribution is -2.26. The maximum Gasteiger partial charge on any atom is 0.309 e. The summed E-state index contributed by atoms with van der Waals surface area (Å²) in [4.78, 5) is 48.2. The van der Waals surface area contributed by atoms with Gasteiger partial charge in [0.25, 0.3) is 0 Å². The molecule has 0 spiro atoms. The molecule has 0 aromatic rings. The molecule has 0 radical (unpaired) electrons. The molecule has 1 rings (SSSR count). The van der Waals surface area contributed by atoms with E-state index in [0.29, 0.717) is 77.8 Å². The molecule has 1 aliphatic rings. The van der Waals surface area contributed by atoms with Crippen molar-refractivity contribution in [3.05, 3.63) is 50.6 Å². The summed E-state index contributed by atoms with van der Waals surface area (Å²) in [7, 11) is 0. The molecule has 1 heterocycles. The van der Waals surface area contributed by atoms with Crippen molar-refractivity contribution >= 4 is 23.9 Å². The third-order valence-electron chi connectivity index (χ3n) is 9.36. The molecule has 0 aromatic carbocycles. The van der Waals surface area contributed by atoms with Gasteiger partial charge in [-0.25, -0.2) is 5.90 Å². The van der Waals surface area contributed by atoms with Crippen LogP contribution in [0, 0.1) is 37.9 Å². The standard InChI is InChI=1S/C12H24O4.C12H22O4.C11H20O2.C10H18O2.C8H19NO3.C8H16O2.C8H16O/c2*1-5-6-11(14)16-8-10(13)7-15-9-12(2,3)4;1-5-6-7-10(12)13-9-8-11(2,3)4;1-5-6-7-9(11)12-8-10(2,3)4;1-8(2,3)6-11-4-7(10)5-12-9;1-8(2,3)6-9-4-7-5-10-7;1-5-6-9-7-8(2,3)4/h10,13H,5-9H2,1-4H3;5,10,13H,1,6-9H2,2-4H3;5H,1,6-9H2,2-4H3;5H,1,6-8H2,2-4H3;7,10H,4-6,9H2,1-3H3;7H,4-6H2,1-3H3;5H,1,6-7H2,2-4H3. The molecular weight excluding hydrogens is 1130 g/mol. The summed E-state index contributed by atoms with van der Waals surface area (Å²) in [6.45, 7) is 67.4. The molecule has 4 unspecified atom stereocenters. The monoisotopic (exact) mass is 1270 g/mol. The van der Waals surface area contributed by atoms with Gasteiger partial charge < -0.3 is 67.5 Å². The second-order valence-corrected chi connectivity index (χ2v) is 29.9. The topological polar surface area (TPSA) is 260 Å². The lowest BCUT2D eigenvalue weighted by atomic mass is 9.93. The highest BCUT2D eigenvalue weighted by Gasteiger charge is 2.23. The number of epoxide rings is 1. The Balaban J connectivity index is -0.000000225. The van der Waals surface area contributed by atoms with Crippen LogP contribution in [0.15, 0.2) is 50.6 Å². The van der Waals surface area contributed by atoms with Gasteiger partial charge in [-0.05, 0) is 63.6 Å². The average molecular weight is 1270 g/mol. The van der Waals surface area contributed by atoms with Gasteiger partial charge in [-0.2, -0.15) is 0 Å². The number of ether oxygens (including phenoxy) is 10. The molecule has 1 saturated heterocycles. The highest BCUT2D eigenvalue weighted by molar-refractivity contribution is 5.71. The number of aliphatic hydroxyl groups excluding tert-OH is 3. The number of allylic oxidation sites excluding steroid dienone is 2. The van der Waals surface area contributed by atoms with Crippen molar-refractivity contribution in [2.24, 2.45) is 43.8 Å². The number of carbonyl (C=O) groups is 4. The molecule has 0 aromatic heterocycles. The van der Waals surface area contributed by atoms with Crippen LogP contribution in [0.25, 0.3) is 0 Å². The molecule has 4 atom stereocenters. The third-order valence-corrected chi connectivity index (χ3v) is 9.36. The first kappa shape index (κ1) is 95.5. The quantitative estimate of drug-likeness (QED) is 0.0117. The number of nitrogens with two attached hydrogens (primary N) is 1. The van der Waals surface area contributed by atoms with Gasteiger partial charge in [-0.3, -0.25) is 19.2 Å². The molecular formula is C69H135NO18. The zero-order valence-corrected chi connectivity index (χ0v) is 60.0. The summed E-state index contributed by atoms with van der Waals surface area (Å²) in [6.07, 6.45) is 9.48. The highest BCUT2D eigenvalue weighted by Crippen LogP contribution is 2.19. The van der Waals surface area contributed by atoms with Crippen molar-refractivity contribution in [3.8, 4) is 0 Å². The molecule has 19 heteroatoms. The zero-order valence-electron chi connectivity index (χ0n) is 60.0. The molecule has 1 aliphatic heterocycles. The van der Waals surface area contributed by atoms with Crippen molar-refractivity contribution in [3.63, 3.8) is 0 Å². The molecule has 5 N–H and O–H groups in total. The lowest BCUT2D eigenvalue weighted by molar-refractivity contribution is -0.148. The smallest absolute Gasteiger partial charge is 0.309 e. The first-order valence-corrected chi connectivity index (χ1v) is 31.1. The Morgan fingerprint density at radius 2 is 0.807 bits per heavy atom. The number of hydrogen-bond acceptors (Lipinski definition) is 19. The first-order valence-electron chi connectivity index (χ1n) is 31.1. The summed E-state index contributed by atoms with van der Waals surface area (Å²) in [5.74, 6) is 3.87. The van der Waals surface area contributed by atoms with Crippen LogP contribution in [0.1, 0.15) is 204 Å².